The highest BCUT2D eigenvalue weighted by atomic mass is 127. The molecule has 1 heterocycles. The number of pyridine rings is 1. The van der Waals surface area contributed by atoms with Crippen LogP contribution in [0.3, 0.4) is 0 Å². The van der Waals surface area contributed by atoms with E-state index in [0.717, 1.165) is 13.9 Å². The standard InChI is InChI=1S/C9H11BrIN3/c1-6-7(10)4-12-9(8(6)11)13-5-14(2)3/h4-5H,1-3H3. The van der Waals surface area contributed by atoms with E-state index in [-0.39, 0.29) is 0 Å². The molecule has 0 spiro atoms. The van der Waals surface area contributed by atoms with Crippen LogP contribution >= 0.6 is 38.5 Å². The van der Waals surface area contributed by atoms with Crippen LogP contribution in [0.2, 0.25) is 0 Å². The molecule has 0 saturated carbocycles. The molecule has 76 valence electrons. The van der Waals surface area contributed by atoms with Gasteiger partial charge in [-0.1, -0.05) is 0 Å². The van der Waals surface area contributed by atoms with Crippen molar-refractivity contribution in [1.82, 2.24) is 9.88 Å². The first kappa shape index (κ1) is 11.9. The third kappa shape index (κ3) is 2.91. The highest BCUT2D eigenvalue weighted by molar-refractivity contribution is 14.1. The zero-order chi connectivity index (χ0) is 10.7. The third-order valence-corrected chi connectivity index (χ3v) is 3.69. The Morgan fingerprint density at radius 3 is 2.79 bits per heavy atom. The van der Waals surface area contributed by atoms with Crippen molar-refractivity contribution in [2.45, 2.75) is 6.92 Å². The molecule has 0 fully saturated rings. The average molecular weight is 368 g/mol. The molecule has 1 rings (SSSR count). The fourth-order valence-corrected chi connectivity index (χ4v) is 2.04. The lowest BCUT2D eigenvalue weighted by atomic mass is 10.3. The zero-order valence-corrected chi connectivity index (χ0v) is 12.0. The second-order valence-corrected chi connectivity index (χ2v) is 5.01. The van der Waals surface area contributed by atoms with E-state index in [1.807, 2.05) is 25.9 Å². The van der Waals surface area contributed by atoms with Crippen LogP contribution in [0.4, 0.5) is 5.82 Å². The summed E-state index contributed by atoms with van der Waals surface area (Å²) in [5.41, 5.74) is 1.17. The Labute approximate surface area is 106 Å². The summed E-state index contributed by atoms with van der Waals surface area (Å²) in [6.45, 7) is 2.04. The van der Waals surface area contributed by atoms with Crippen molar-refractivity contribution in [3.8, 4) is 0 Å². The molecule has 0 amide bonds. The van der Waals surface area contributed by atoms with Crippen molar-refractivity contribution >= 4 is 50.7 Å². The van der Waals surface area contributed by atoms with Crippen LogP contribution in [0.1, 0.15) is 5.56 Å². The van der Waals surface area contributed by atoms with Crippen molar-refractivity contribution in [2.24, 2.45) is 4.99 Å². The predicted molar refractivity (Wildman–Crippen MR) is 71.2 cm³/mol. The maximum atomic E-state index is 4.27. The molecule has 0 saturated heterocycles. The summed E-state index contributed by atoms with van der Waals surface area (Å²) in [6, 6.07) is 0. The molecular formula is C9H11BrIN3. The first-order chi connectivity index (χ1) is 6.52. The van der Waals surface area contributed by atoms with Crippen LogP contribution in [-0.2, 0) is 0 Å². The van der Waals surface area contributed by atoms with Gasteiger partial charge in [0.1, 0.15) is 0 Å². The van der Waals surface area contributed by atoms with Crippen LogP contribution in [-0.4, -0.2) is 30.3 Å². The molecule has 14 heavy (non-hydrogen) atoms. The number of halogens is 2. The van der Waals surface area contributed by atoms with Gasteiger partial charge in [0.25, 0.3) is 0 Å². The number of aliphatic imine (C=N–C) groups is 1. The predicted octanol–water partition coefficient (Wildman–Crippen LogP) is 2.98. The maximum Gasteiger partial charge on any atom is 0.167 e. The van der Waals surface area contributed by atoms with E-state index in [2.05, 4.69) is 48.5 Å². The van der Waals surface area contributed by atoms with Crippen molar-refractivity contribution in [3.63, 3.8) is 0 Å². The lowest BCUT2D eigenvalue weighted by Gasteiger charge is -2.05. The van der Waals surface area contributed by atoms with Crippen molar-refractivity contribution < 1.29 is 0 Å². The molecule has 0 unspecified atom stereocenters. The normalized spacial score (nSPS) is 10.9. The number of hydrogen-bond acceptors (Lipinski definition) is 2. The van der Waals surface area contributed by atoms with Gasteiger partial charge < -0.3 is 4.90 Å². The highest BCUT2D eigenvalue weighted by Gasteiger charge is 2.05. The summed E-state index contributed by atoms with van der Waals surface area (Å²) in [7, 11) is 3.87. The monoisotopic (exact) mass is 367 g/mol. The second kappa shape index (κ2) is 5.06. The first-order valence-electron chi connectivity index (χ1n) is 4.03. The van der Waals surface area contributed by atoms with E-state index in [4.69, 9.17) is 0 Å². The van der Waals surface area contributed by atoms with Gasteiger partial charge in [-0.3, -0.25) is 0 Å². The van der Waals surface area contributed by atoms with Gasteiger partial charge in [-0.05, 0) is 51.0 Å². The summed E-state index contributed by atoms with van der Waals surface area (Å²) in [5.74, 6) is 0.764. The lowest BCUT2D eigenvalue weighted by Crippen LogP contribution is -2.07. The molecule has 0 radical (unpaired) electrons. The van der Waals surface area contributed by atoms with E-state index in [0.29, 0.717) is 0 Å². The molecule has 1 aromatic rings. The van der Waals surface area contributed by atoms with Crippen molar-refractivity contribution in [3.05, 3.63) is 19.8 Å². The molecule has 0 atom stereocenters. The van der Waals surface area contributed by atoms with Crippen LogP contribution in [0, 0.1) is 10.5 Å². The van der Waals surface area contributed by atoms with Crippen LogP contribution < -0.4 is 0 Å². The fraction of sp³-hybridized carbons (Fsp3) is 0.333. The molecule has 0 N–H and O–H groups in total. The summed E-state index contributed by atoms with van der Waals surface area (Å²) in [4.78, 5) is 10.4. The Hall–Kier alpha value is -0.170. The summed E-state index contributed by atoms with van der Waals surface area (Å²) >= 11 is 5.68. The number of hydrogen-bond donors (Lipinski definition) is 0. The third-order valence-electron chi connectivity index (χ3n) is 1.59. The topological polar surface area (TPSA) is 28.5 Å². The molecule has 0 bridgehead atoms. The van der Waals surface area contributed by atoms with Crippen molar-refractivity contribution in [1.29, 1.82) is 0 Å². The Kier molecular flexibility index (Phi) is 4.31. The average Bonchev–Trinajstić information content (AvgIpc) is 2.13. The molecule has 0 aromatic carbocycles. The van der Waals surface area contributed by atoms with Crippen molar-refractivity contribution in [2.75, 3.05) is 14.1 Å². The van der Waals surface area contributed by atoms with Gasteiger partial charge in [-0.25, -0.2) is 9.98 Å². The minimum atomic E-state index is 0.764. The van der Waals surface area contributed by atoms with Gasteiger partial charge in [0.05, 0.1) is 9.91 Å². The minimum absolute atomic E-state index is 0.764. The van der Waals surface area contributed by atoms with E-state index < -0.39 is 0 Å². The van der Waals surface area contributed by atoms with Gasteiger partial charge in [-0.15, -0.1) is 0 Å². The Morgan fingerprint density at radius 1 is 1.57 bits per heavy atom. The van der Waals surface area contributed by atoms with Gasteiger partial charge in [0, 0.05) is 24.8 Å². The molecule has 5 heteroatoms. The highest BCUT2D eigenvalue weighted by Crippen LogP contribution is 2.27. The Balaban J connectivity index is 3.06. The van der Waals surface area contributed by atoms with Crippen LogP contribution in [0.15, 0.2) is 15.7 Å². The first-order valence-corrected chi connectivity index (χ1v) is 5.90. The van der Waals surface area contributed by atoms with E-state index >= 15 is 0 Å². The van der Waals surface area contributed by atoms with Gasteiger partial charge in [0.15, 0.2) is 5.82 Å². The minimum Gasteiger partial charge on any atom is -0.369 e. The van der Waals surface area contributed by atoms with E-state index in [1.54, 1.807) is 12.5 Å². The molecule has 0 aliphatic rings. The molecule has 1 aromatic heterocycles. The SMILES string of the molecule is Cc1c(Br)cnc(N=CN(C)C)c1I. The molecular weight excluding hydrogens is 357 g/mol. The Bertz CT molecular complexity index is 363. The van der Waals surface area contributed by atoms with E-state index in [1.165, 1.54) is 5.56 Å². The van der Waals surface area contributed by atoms with Gasteiger partial charge in [0.2, 0.25) is 0 Å². The smallest absolute Gasteiger partial charge is 0.167 e. The fourth-order valence-electron chi connectivity index (χ4n) is 0.804. The number of aromatic nitrogens is 1. The van der Waals surface area contributed by atoms with E-state index in [9.17, 15) is 0 Å². The van der Waals surface area contributed by atoms with Gasteiger partial charge >= 0.3 is 0 Å². The van der Waals surface area contributed by atoms with Crippen LogP contribution in [0.25, 0.3) is 0 Å². The summed E-state index contributed by atoms with van der Waals surface area (Å²) < 4.78 is 2.10. The largest absolute Gasteiger partial charge is 0.369 e. The molecule has 0 aliphatic carbocycles. The molecule has 0 aliphatic heterocycles. The second-order valence-electron chi connectivity index (χ2n) is 3.08. The summed E-state index contributed by atoms with van der Waals surface area (Å²) in [6.07, 6.45) is 3.53. The van der Waals surface area contributed by atoms with Crippen LogP contribution in [0.5, 0.6) is 0 Å². The quantitative estimate of drug-likeness (QED) is 0.456. The van der Waals surface area contributed by atoms with Gasteiger partial charge in [-0.2, -0.15) is 0 Å². The summed E-state index contributed by atoms with van der Waals surface area (Å²) in [5, 5.41) is 0. The maximum absolute atomic E-state index is 4.27. The molecule has 3 nitrogen and oxygen atoms in total. The zero-order valence-electron chi connectivity index (χ0n) is 8.25. The Morgan fingerprint density at radius 2 is 2.21 bits per heavy atom. The number of rotatable bonds is 2. The lowest BCUT2D eigenvalue weighted by molar-refractivity contribution is 0.643. The number of nitrogens with zero attached hydrogens (tertiary/aromatic N) is 3.